The molecule has 26 heavy (non-hydrogen) atoms. The molecule has 0 aromatic carbocycles. The third-order valence-corrected chi connectivity index (χ3v) is 3.15. The summed E-state index contributed by atoms with van der Waals surface area (Å²) in [7, 11) is 0. The van der Waals surface area contributed by atoms with Crippen molar-refractivity contribution in [3.05, 3.63) is 52.7 Å². The van der Waals surface area contributed by atoms with Gasteiger partial charge in [0.05, 0.1) is 18.4 Å². The van der Waals surface area contributed by atoms with Crippen molar-refractivity contribution in [3.63, 3.8) is 0 Å². The maximum absolute atomic E-state index is 12.0. The van der Waals surface area contributed by atoms with Gasteiger partial charge in [-0.15, -0.1) is 0 Å². The summed E-state index contributed by atoms with van der Waals surface area (Å²) in [5.41, 5.74) is 5.12. The number of aliphatic imine (C=N–C) groups is 1. The molecule has 142 valence electrons. The van der Waals surface area contributed by atoms with Crippen LogP contribution in [0.2, 0.25) is 0 Å². The van der Waals surface area contributed by atoms with Gasteiger partial charge >= 0.3 is 0 Å². The van der Waals surface area contributed by atoms with Crippen LogP contribution in [0.25, 0.3) is 0 Å². The second-order valence-electron chi connectivity index (χ2n) is 5.01. The number of hydrogen-bond donors (Lipinski definition) is 6. The SMILES string of the molecule is C=CNC(=NCCN)/C(=C\C)NCCNC(=O)c1cc(=O)c(O)cn1O. The molecule has 7 N–H and O–H groups in total. The molecule has 0 aliphatic carbocycles. The fraction of sp³-hybridized carbons (Fsp3) is 0.312. The summed E-state index contributed by atoms with van der Waals surface area (Å²) < 4.78 is 0.391. The first-order valence-electron chi connectivity index (χ1n) is 7.90. The van der Waals surface area contributed by atoms with Crippen LogP contribution in [0.5, 0.6) is 5.75 Å². The number of carbonyl (C=O) groups excluding carboxylic acids is 1. The van der Waals surface area contributed by atoms with Gasteiger partial charge in [-0.3, -0.25) is 14.6 Å². The molecule has 0 aliphatic rings. The topological polar surface area (TPSA) is 154 Å². The maximum Gasteiger partial charge on any atom is 0.271 e. The van der Waals surface area contributed by atoms with Gasteiger partial charge in [0, 0.05) is 25.7 Å². The van der Waals surface area contributed by atoms with Crippen LogP contribution in [-0.2, 0) is 0 Å². The number of amides is 1. The Hall–Kier alpha value is -3.27. The molecular formula is C16H24N6O4. The Bertz CT molecular complexity index is 754. The van der Waals surface area contributed by atoms with E-state index in [4.69, 9.17) is 5.73 Å². The van der Waals surface area contributed by atoms with Crippen molar-refractivity contribution in [1.29, 1.82) is 0 Å². The zero-order chi connectivity index (χ0) is 19.5. The highest BCUT2D eigenvalue weighted by Gasteiger charge is 2.13. The number of rotatable bonds is 9. The first-order chi connectivity index (χ1) is 12.4. The number of aromatic nitrogens is 1. The van der Waals surface area contributed by atoms with Crippen LogP contribution in [0.4, 0.5) is 0 Å². The number of carbonyl (C=O) groups is 1. The van der Waals surface area contributed by atoms with Crippen molar-refractivity contribution in [2.45, 2.75) is 6.92 Å². The minimum atomic E-state index is -0.758. The van der Waals surface area contributed by atoms with Crippen molar-refractivity contribution in [2.75, 3.05) is 26.2 Å². The predicted molar refractivity (Wildman–Crippen MR) is 98.3 cm³/mol. The van der Waals surface area contributed by atoms with Gasteiger partial charge in [0.1, 0.15) is 11.5 Å². The Balaban J connectivity index is 2.62. The van der Waals surface area contributed by atoms with Gasteiger partial charge in [0.2, 0.25) is 5.43 Å². The number of nitrogens with two attached hydrogens (primary N) is 1. The monoisotopic (exact) mass is 364 g/mol. The quantitative estimate of drug-likeness (QED) is 0.144. The molecule has 1 aromatic rings. The molecule has 1 amide bonds. The molecule has 0 radical (unpaired) electrons. The number of aromatic hydroxyl groups is 1. The molecule has 1 aromatic heterocycles. The average Bonchev–Trinajstić information content (AvgIpc) is 2.62. The smallest absolute Gasteiger partial charge is 0.271 e. The second-order valence-corrected chi connectivity index (χ2v) is 5.01. The average molecular weight is 364 g/mol. The highest BCUT2D eigenvalue weighted by Crippen LogP contribution is 2.02. The van der Waals surface area contributed by atoms with E-state index >= 15 is 0 Å². The number of amidine groups is 1. The summed E-state index contributed by atoms with van der Waals surface area (Å²) in [5.74, 6) is -0.737. The van der Waals surface area contributed by atoms with Gasteiger partial charge in [0.25, 0.3) is 5.91 Å². The maximum atomic E-state index is 12.0. The molecule has 0 spiro atoms. The first kappa shape index (κ1) is 20.8. The van der Waals surface area contributed by atoms with Crippen molar-refractivity contribution >= 4 is 11.7 Å². The molecule has 0 bridgehead atoms. The largest absolute Gasteiger partial charge is 0.503 e. The Morgan fingerprint density at radius 1 is 1.42 bits per heavy atom. The minimum Gasteiger partial charge on any atom is -0.503 e. The molecule has 10 nitrogen and oxygen atoms in total. The second kappa shape index (κ2) is 10.6. The predicted octanol–water partition coefficient (Wildman–Crippen LogP) is -0.895. The van der Waals surface area contributed by atoms with E-state index in [2.05, 4.69) is 27.5 Å². The summed E-state index contributed by atoms with van der Waals surface area (Å²) >= 11 is 0. The molecule has 0 unspecified atom stereocenters. The molecule has 0 saturated heterocycles. The zero-order valence-electron chi connectivity index (χ0n) is 14.5. The summed E-state index contributed by atoms with van der Waals surface area (Å²) in [5, 5.41) is 27.3. The number of nitrogens with zero attached hydrogens (tertiary/aromatic N) is 2. The van der Waals surface area contributed by atoms with E-state index in [1.807, 2.05) is 6.92 Å². The van der Waals surface area contributed by atoms with E-state index in [0.717, 1.165) is 12.3 Å². The van der Waals surface area contributed by atoms with Crippen molar-refractivity contribution in [3.8, 4) is 5.75 Å². The van der Waals surface area contributed by atoms with Crippen LogP contribution in [0.3, 0.4) is 0 Å². The number of pyridine rings is 1. The Morgan fingerprint density at radius 3 is 2.73 bits per heavy atom. The standard InChI is InChI=1S/C16H24N6O4/c1-3-11(15(18-4-2)20-6-5-17)19-7-8-21-16(25)12-9-13(23)14(24)10-22(12)26/h3-4,9-10,19,24,26H,2,5-8,17H2,1H3,(H,18,20)(H,21,25)/b11-3+. The van der Waals surface area contributed by atoms with E-state index in [0.29, 0.717) is 35.9 Å². The van der Waals surface area contributed by atoms with Gasteiger partial charge in [-0.05, 0) is 13.1 Å². The van der Waals surface area contributed by atoms with E-state index in [1.54, 1.807) is 6.08 Å². The molecule has 0 aliphatic heterocycles. The van der Waals surface area contributed by atoms with Crippen LogP contribution in [0.1, 0.15) is 17.4 Å². The molecule has 1 heterocycles. The van der Waals surface area contributed by atoms with Crippen LogP contribution < -0.4 is 27.1 Å². The molecule has 10 heteroatoms. The molecular weight excluding hydrogens is 340 g/mol. The third-order valence-electron chi connectivity index (χ3n) is 3.15. The van der Waals surface area contributed by atoms with E-state index in [-0.39, 0.29) is 12.2 Å². The van der Waals surface area contributed by atoms with E-state index in [9.17, 15) is 19.9 Å². The number of allylic oxidation sites excluding steroid dienone is 1. The Kier molecular flexibility index (Phi) is 8.44. The lowest BCUT2D eigenvalue weighted by atomic mass is 10.3. The first-order valence-corrected chi connectivity index (χ1v) is 7.90. The van der Waals surface area contributed by atoms with Crippen molar-refractivity contribution in [2.24, 2.45) is 10.7 Å². The summed E-state index contributed by atoms with van der Waals surface area (Å²) in [4.78, 5) is 27.7. The lowest BCUT2D eigenvalue weighted by molar-refractivity contribution is 0.0897. The van der Waals surface area contributed by atoms with Gasteiger partial charge in [0.15, 0.2) is 5.75 Å². The zero-order valence-corrected chi connectivity index (χ0v) is 14.5. The van der Waals surface area contributed by atoms with Crippen LogP contribution in [0.15, 0.2) is 46.6 Å². The number of hydrogen-bond acceptors (Lipinski definition) is 7. The lowest BCUT2D eigenvalue weighted by Gasteiger charge is -2.14. The fourth-order valence-corrected chi connectivity index (χ4v) is 1.95. The highest BCUT2D eigenvalue weighted by atomic mass is 16.5. The van der Waals surface area contributed by atoms with Crippen molar-refractivity contribution < 1.29 is 15.1 Å². The molecule has 0 saturated carbocycles. The lowest BCUT2D eigenvalue weighted by Crippen LogP contribution is -2.36. The molecule has 0 fully saturated rings. The van der Waals surface area contributed by atoms with Crippen LogP contribution in [0, 0.1) is 0 Å². The van der Waals surface area contributed by atoms with Crippen LogP contribution in [-0.4, -0.2) is 53.0 Å². The van der Waals surface area contributed by atoms with Crippen molar-refractivity contribution in [1.82, 2.24) is 20.7 Å². The van der Waals surface area contributed by atoms with E-state index < -0.39 is 17.1 Å². The van der Waals surface area contributed by atoms with Crippen LogP contribution >= 0.6 is 0 Å². The molecule has 1 rings (SSSR count). The summed E-state index contributed by atoms with van der Waals surface area (Å²) in [6, 6.07) is 0.848. The van der Waals surface area contributed by atoms with Gasteiger partial charge in [-0.25, -0.2) is 0 Å². The Labute approximate surface area is 150 Å². The molecule has 0 atom stereocenters. The van der Waals surface area contributed by atoms with E-state index in [1.165, 1.54) is 6.20 Å². The minimum absolute atomic E-state index is 0.212. The highest BCUT2D eigenvalue weighted by molar-refractivity contribution is 5.98. The third kappa shape index (κ3) is 5.98. The van der Waals surface area contributed by atoms with Gasteiger partial charge in [-0.1, -0.05) is 12.7 Å². The van der Waals surface area contributed by atoms with Gasteiger partial charge in [-0.2, -0.15) is 4.73 Å². The fourth-order valence-electron chi connectivity index (χ4n) is 1.95. The Morgan fingerprint density at radius 2 is 2.12 bits per heavy atom. The summed E-state index contributed by atoms with van der Waals surface area (Å²) in [6.07, 6.45) is 4.06. The summed E-state index contributed by atoms with van der Waals surface area (Å²) in [6.45, 7) is 6.84. The number of nitrogens with one attached hydrogen (secondary N) is 3. The van der Waals surface area contributed by atoms with Gasteiger partial charge < -0.3 is 32.0 Å². The normalized spacial score (nSPS) is 11.8.